The predicted molar refractivity (Wildman–Crippen MR) is 66.2 cm³/mol. The normalized spacial score (nSPS) is 17.7. The summed E-state index contributed by atoms with van der Waals surface area (Å²) in [6.45, 7) is 4.23. The third-order valence-corrected chi connectivity index (χ3v) is 3.05. The summed E-state index contributed by atoms with van der Waals surface area (Å²) in [6.07, 6.45) is 5.63. The van der Waals surface area contributed by atoms with E-state index in [1.165, 1.54) is 25.7 Å². The highest BCUT2D eigenvalue weighted by Crippen LogP contribution is 2.19. The molecule has 1 atom stereocenters. The molecule has 0 radical (unpaired) electrons. The van der Waals surface area contributed by atoms with Crippen molar-refractivity contribution in [2.45, 2.75) is 51.1 Å². The molecule has 0 spiro atoms. The van der Waals surface area contributed by atoms with Gasteiger partial charge in [0.25, 0.3) is 0 Å². The lowest BCUT2D eigenvalue weighted by molar-refractivity contribution is -0.120. The second-order valence-electron chi connectivity index (χ2n) is 4.84. The lowest BCUT2D eigenvalue weighted by Crippen LogP contribution is -2.44. The van der Waals surface area contributed by atoms with Gasteiger partial charge in [-0.25, -0.2) is 0 Å². The zero-order valence-electron chi connectivity index (χ0n) is 10.5. The van der Waals surface area contributed by atoms with Crippen LogP contribution in [0.1, 0.15) is 39.0 Å². The molecule has 4 nitrogen and oxygen atoms in total. The lowest BCUT2D eigenvalue weighted by Gasteiger charge is -2.20. The molecule has 0 aromatic rings. The molecule has 0 bridgehead atoms. The number of primary amides is 1. The van der Waals surface area contributed by atoms with E-state index >= 15 is 0 Å². The van der Waals surface area contributed by atoms with Crippen molar-refractivity contribution in [1.82, 2.24) is 10.2 Å². The number of rotatable bonds is 9. The van der Waals surface area contributed by atoms with Crippen molar-refractivity contribution in [2.75, 3.05) is 20.1 Å². The molecule has 1 rings (SSSR count). The van der Waals surface area contributed by atoms with Gasteiger partial charge in [-0.05, 0) is 45.8 Å². The van der Waals surface area contributed by atoms with E-state index in [4.69, 9.17) is 5.73 Å². The van der Waals surface area contributed by atoms with Crippen LogP contribution in [-0.2, 0) is 4.79 Å². The minimum Gasteiger partial charge on any atom is -0.368 e. The molecule has 1 aliphatic carbocycles. The van der Waals surface area contributed by atoms with Gasteiger partial charge in [0.1, 0.15) is 0 Å². The zero-order chi connectivity index (χ0) is 12.0. The largest absolute Gasteiger partial charge is 0.368 e. The van der Waals surface area contributed by atoms with E-state index in [2.05, 4.69) is 24.2 Å². The standard InChI is InChI=1S/C12H25N3O/c1-3-4-8-15(2)9-7-11(12(13)16)14-10-5-6-10/h10-11,14H,3-9H2,1-2H3,(H2,13,16). The van der Waals surface area contributed by atoms with Gasteiger partial charge < -0.3 is 16.0 Å². The summed E-state index contributed by atoms with van der Waals surface area (Å²) in [4.78, 5) is 13.5. The van der Waals surface area contributed by atoms with Gasteiger partial charge in [0, 0.05) is 6.04 Å². The van der Waals surface area contributed by atoms with E-state index in [-0.39, 0.29) is 11.9 Å². The number of carbonyl (C=O) groups is 1. The van der Waals surface area contributed by atoms with Crippen molar-refractivity contribution in [3.63, 3.8) is 0 Å². The van der Waals surface area contributed by atoms with E-state index in [0.29, 0.717) is 6.04 Å². The van der Waals surface area contributed by atoms with Crippen LogP contribution in [0.25, 0.3) is 0 Å². The first-order valence-electron chi connectivity index (χ1n) is 6.37. The second kappa shape index (κ2) is 6.86. The van der Waals surface area contributed by atoms with E-state index in [0.717, 1.165) is 19.5 Å². The highest BCUT2D eigenvalue weighted by atomic mass is 16.1. The number of hydrogen-bond donors (Lipinski definition) is 2. The Kier molecular flexibility index (Phi) is 5.77. The minimum absolute atomic E-state index is 0.142. The maximum Gasteiger partial charge on any atom is 0.234 e. The molecule has 0 aromatic carbocycles. The minimum atomic E-state index is -0.212. The fourth-order valence-electron chi connectivity index (χ4n) is 1.73. The molecule has 4 heteroatoms. The first kappa shape index (κ1) is 13.5. The molecule has 0 aromatic heterocycles. The quantitative estimate of drug-likeness (QED) is 0.610. The molecule has 0 saturated heterocycles. The van der Waals surface area contributed by atoms with Gasteiger partial charge in [-0.3, -0.25) is 4.79 Å². The van der Waals surface area contributed by atoms with Crippen LogP contribution in [0.15, 0.2) is 0 Å². The van der Waals surface area contributed by atoms with Gasteiger partial charge >= 0.3 is 0 Å². The first-order valence-corrected chi connectivity index (χ1v) is 6.37. The Balaban J connectivity index is 2.17. The topological polar surface area (TPSA) is 58.4 Å². The summed E-state index contributed by atoms with van der Waals surface area (Å²) >= 11 is 0. The highest BCUT2D eigenvalue weighted by Gasteiger charge is 2.26. The van der Waals surface area contributed by atoms with E-state index in [1.54, 1.807) is 0 Å². The molecule has 0 heterocycles. The number of carbonyl (C=O) groups excluding carboxylic acids is 1. The van der Waals surface area contributed by atoms with Crippen LogP contribution in [0.3, 0.4) is 0 Å². The van der Waals surface area contributed by atoms with Gasteiger partial charge in [-0.2, -0.15) is 0 Å². The lowest BCUT2D eigenvalue weighted by atomic mass is 10.2. The fourth-order valence-corrected chi connectivity index (χ4v) is 1.73. The van der Waals surface area contributed by atoms with Crippen LogP contribution in [-0.4, -0.2) is 43.0 Å². The summed E-state index contributed by atoms with van der Waals surface area (Å²) < 4.78 is 0. The Morgan fingerprint density at radius 3 is 2.69 bits per heavy atom. The number of nitrogens with two attached hydrogens (primary N) is 1. The van der Waals surface area contributed by atoms with Gasteiger partial charge in [-0.15, -0.1) is 0 Å². The Morgan fingerprint density at radius 2 is 2.19 bits per heavy atom. The zero-order valence-corrected chi connectivity index (χ0v) is 10.5. The van der Waals surface area contributed by atoms with Gasteiger partial charge in [0.15, 0.2) is 0 Å². The van der Waals surface area contributed by atoms with Crippen molar-refractivity contribution >= 4 is 5.91 Å². The third kappa shape index (κ3) is 5.47. The van der Waals surface area contributed by atoms with Crippen LogP contribution >= 0.6 is 0 Å². The van der Waals surface area contributed by atoms with E-state index in [1.807, 2.05) is 0 Å². The van der Waals surface area contributed by atoms with Crippen LogP contribution in [0.2, 0.25) is 0 Å². The molecule has 94 valence electrons. The van der Waals surface area contributed by atoms with Crippen molar-refractivity contribution in [2.24, 2.45) is 5.73 Å². The Bertz CT molecular complexity index is 216. The van der Waals surface area contributed by atoms with Crippen LogP contribution in [0.4, 0.5) is 0 Å². The fraction of sp³-hybridized carbons (Fsp3) is 0.917. The monoisotopic (exact) mass is 227 g/mol. The third-order valence-electron chi connectivity index (χ3n) is 3.05. The molecule has 1 fully saturated rings. The average molecular weight is 227 g/mol. The summed E-state index contributed by atoms with van der Waals surface area (Å²) in [5.74, 6) is -0.212. The van der Waals surface area contributed by atoms with Crippen LogP contribution in [0.5, 0.6) is 0 Å². The second-order valence-corrected chi connectivity index (χ2v) is 4.84. The summed E-state index contributed by atoms with van der Waals surface area (Å²) in [6, 6.07) is 0.398. The Hall–Kier alpha value is -0.610. The Morgan fingerprint density at radius 1 is 1.50 bits per heavy atom. The first-order chi connectivity index (χ1) is 7.63. The van der Waals surface area contributed by atoms with Crippen molar-refractivity contribution in [1.29, 1.82) is 0 Å². The van der Waals surface area contributed by atoms with Crippen molar-refractivity contribution in [3.05, 3.63) is 0 Å². The number of nitrogens with zero attached hydrogens (tertiary/aromatic N) is 1. The molecule has 1 saturated carbocycles. The molecular formula is C12H25N3O. The predicted octanol–water partition coefficient (Wildman–Crippen LogP) is 0.714. The molecule has 16 heavy (non-hydrogen) atoms. The van der Waals surface area contributed by atoms with Gasteiger partial charge in [0.2, 0.25) is 5.91 Å². The van der Waals surface area contributed by atoms with E-state index in [9.17, 15) is 4.79 Å². The molecular weight excluding hydrogens is 202 g/mol. The summed E-state index contributed by atoms with van der Waals surface area (Å²) in [5, 5.41) is 3.30. The highest BCUT2D eigenvalue weighted by molar-refractivity contribution is 5.79. The van der Waals surface area contributed by atoms with Crippen LogP contribution in [0, 0.1) is 0 Å². The summed E-state index contributed by atoms with van der Waals surface area (Å²) in [5.41, 5.74) is 5.38. The molecule has 1 aliphatic rings. The number of nitrogens with one attached hydrogen (secondary N) is 1. The number of unbranched alkanes of at least 4 members (excludes halogenated alkanes) is 1. The summed E-state index contributed by atoms with van der Waals surface area (Å²) in [7, 11) is 2.10. The number of hydrogen-bond acceptors (Lipinski definition) is 3. The van der Waals surface area contributed by atoms with Crippen molar-refractivity contribution < 1.29 is 4.79 Å². The molecule has 3 N–H and O–H groups in total. The smallest absolute Gasteiger partial charge is 0.234 e. The SMILES string of the molecule is CCCCN(C)CCC(NC1CC1)C(N)=O. The van der Waals surface area contributed by atoms with Crippen molar-refractivity contribution in [3.8, 4) is 0 Å². The number of amides is 1. The molecule has 1 amide bonds. The average Bonchev–Trinajstić information content (AvgIpc) is 3.04. The van der Waals surface area contributed by atoms with E-state index < -0.39 is 0 Å². The van der Waals surface area contributed by atoms with Crippen LogP contribution < -0.4 is 11.1 Å². The Labute approximate surface area is 98.6 Å². The molecule has 1 unspecified atom stereocenters. The van der Waals surface area contributed by atoms with Gasteiger partial charge in [-0.1, -0.05) is 13.3 Å². The molecule has 0 aliphatic heterocycles. The van der Waals surface area contributed by atoms with Gasteiger partial charge in [0.05, 0.1) is 6.04 Å². The maximum absolute atomic E-state index is 11.2. The maximum atomic E-state index is 11.2.